The van der Waals surface area contributed by atoms with Crippen molar-refractivity contribution in [2.24, 2.45) is 11.8 Å². The molecule has 0 bridgehead atoms. The molecule has 0 saturated heterocycles. The van der Waals surface area contributed by atoms with E-state index in [1.807, 2.05) is 6.92 Å². The molecule has 0 aliphatic heterocycles. The normalized spacial score (nSPS) is 24.3. The van der Waals surface area contributed by atoms with Gasteiger partial charge in [0.05, 0.1) is 6.10 Å². The quantitative estimate of drug-likeness (QED) is 0.638. The molecule has 0 aromatic carbocycles. The van der Waals surface area contributed by atoms with Crippen molar-refractivity contribution < 1.29 is 9.84 Å². The van der Waals surface area contributed by atoms with Gasteiger partial charge in [-0.25, -0.2) is 0 Å². The minimum atomic E-state index is 0.245. The molecule has 1 aliphatic rings. The van der Waals surface area contributed by atoms with Gasteiger partial charge in [-0.3, -0.25) is 0 Å². The lowest BCUT2D eigenvalue weighted by Crippen LogP contribution is -2.25. The molecule has 0 heterocycles. The second-order valence-corrected chi connectivity index (χ2v) is 3.20. The van der Waals surface area contributed by atoms with E-state index in [0.29, 0.717) is 12.0 Å². The van der Waals surface area contributed by atoms with Gasteiger partial charge in [0.1, 0.15) is 0 Å². The van der Waals surface area contributed by atoms with Crippen molar-refractivity contribution in [1.82, 2.24) is 0 Å². The zero-order valence-electron chi connectivity index (χ0n) is 6.71. The Labute approximate surface area is 62.2 Å². The van der Waals surface area contributed by atoms with Gasteiger partial charge in [-0.05, 0) is 18.8 Å². The van der Waals surface area contributed by atoms with Crippen molar-refractivity contribution in [2.45, 2.75) is 25.9 Å². The number of aliphatic hydroxyl groups is 1. The molecule has 10 heavy (non-hydrogen) atoms. The van der Waals surface area contributed by atoms with Gasteiger partial charge < -0.3 is 9.84 Å². The van der Waals surface area contributed by atoms with Crippen molar-refractivity contribution >= 4 is 0 Å². The average molecular weight is 144 g/mol. The summed E-state index contributed by atoms with van der Waals surface area (Å²) in [4.78, 5) is 0. The fraction of sp³-hybridized carbons (Fsp3) is 1.00. The van der Waals surface area contributed by atoms with Crippen LogP contribution < -0.4 is 0 Å². The largest absolute Gasteiger partial charge is 0.396 e. The number of methoxy groups -OCH3 is 1. The molecule has 0 spiro atoms. The number of aliphatic hydroxyl groups excluding tert-OH is 1. The lowest BCUT2D eigenvalue weighted by atomic mass is 10.0. The first kappa shape index (κ1) is 8.02. The Morgan fingerprint density at radius 1 is 1.60 bits per heavy atom. The molecule has 1 N–H and O–H groups in total. The molecular weight excluding hydrogens is 128 g/mol. The topological polar surface area (TPSA) is 29.5 Å². The zero-order chi connectivity index (χ0) is 7.56. The summed E-state index contributed by atoms with van der Waals surface area (Å²) in [5.41, 5.74) is 0. The van der Waals surface area contributed by atoms with E-state index >= 15 is 0 Å². The smallest absolute Gasteiger partial charge is 0.0646 e. The van der Waals surface area contributed by atoms with Crippen LogP contribution in [0.2, 0.25) is 0 Å². The van der Waals surface area contributed by atoms with Crippen molar-refractivity contribution in [2.75, 3.05) is 13.7 Å². The second kappa shape index (κ2) is 3.35. The highest BCUT2D eigenvalue weighted by Crippen LogP contribution is 2.37. The third-order valence-electron chi connectivity index (χ3n) is 2.21. The lowest BCUT2D eigenvalue weighted by Gasteiger charge is -2.19. The maximum atomic E-state index is 8.83. The van der Waals surface area contributed by atoms with Crippen LogP contribution in [0.4, 0.5) is 0 Å². The summed E-state index contributed by atoms with van der Waals surface area (Å²) < 4.78 is 5.27. The first-order valence-corrected chi connectivity index (χ1v) is 3.93. The number of hydrogen-bond donors (Lipinski definition) is 1. The molecule has 2 nitrogen and oxygen atoms in total. The Kier molecular flexibility index (Phi) is 2.69. The molecule has 1 aliphatic carbocycles. The number of ether oxygens (including phenoxy) is 1. The molecule has 1 saturated carbocycles. The van der Waals surface area contributed by atoms with E-state index < -0.39 is 0 Å². The van der Waals surface area contributed by atoms with Crippen LogP contribution >= 0.6 is 0 Å². The molecule has 1 fully saturated rings. The monoisotopic (exact) mass is 144 g/mol. The van der Waals surface area contributed by atoms with Crippen LogP contribution in [-0.4, -0.2) is 24.9 Å². The molecule has 0 amide bonds. The molecule has 0 radical (unpaired) electrons. The van der Waals surface area contributed by atoms with E-state index in [-0.39, 0.29) is 6.61 Å². The Hall–Kier alpha value is -0.0800. The summed E-state index contributed by atoms with van der Waals surface area (Å²) >= 11 is 0. The van der Waals surface area contributed by atoms with Gasteiger partial charge in [0.25, 0.3) is 0 Å². The molecule has 2 heteroatoms. The second-order valence-electron chi connectivity index (χ2n) is 3.20. The van der Waals surface area contributed by atoms with Crippen LogP contribution in [0, 0.1) is 11.8 Å². The predicted octanol–water partition coefficient (Wildman–Crippen LogP) is 1.04. The fourth-order valence-electron chi connectivity index (χ4n) is 1.42. The summed E-state index contributed by atoms with van der Waals surface area (Å²) in [6.45, 7) is 2.28. The van der Waals surface area contributed by atoms with Crippen molar-refractivity contribution in [3.63, 3.8) is 0 Å². The minimum Gasteiger partial charge on any atom is -0.396 e. The van der Waals surface area contributed by atoms with Crippen LogP contribution in [0.3, 0.4) is 0 Å². The van der Waals surface area contributed by atoms with Gasteiger partial charge >= 0.3 is 0 Å². The molecule has 1 unspecified atom stereocenters. The highest BCUT2D eigenvalue weighted by molar-refractivity contribution is 4.84. The van der Waals surface area contributed by atoms with E-state index in [0.717, 1.165) is 5.92 Å². The molecule has 2 atom stereocenters. The maximum Gasteiger partial charge on any atom is 0.0646 e. The Morgan fingerprint density at radius 2 is 2.20 bits per heavy atom. The Bertz CT molecular complexity index is 99.4. The lowest BCUT2D eigenvalue weighted by molar-refractivity contribution is 0.0188. The van der Waals surface area contributed by atoms with Crippen molar-refractivity contribution in [1.29, 1.82) is 0 Å². The van der Waals surface area contributed by atoms with Crippen molar-refractivity contribution in [3.8, 4) is 0 Å². The van der Waals surface area contributed by atoms with E-state index in [1.54, 1.807) is 7.11 Å². The van der Waals surface area contributed by atoms with Crippen LogP contribution in [0.5, 0.6) is 0 Å². The van der Waals surface area contributed by atoms with E-state index in [4.69, 9.17) is 9.84 Å². The molecular formula is C8H16O2. The summed E-state index contributed by atoms with van der Waals surface area (Å²) in [7, 11) is 1.73. The van der Waals surface area contributed by atoms with Crippen LogP contribution in [-0.2, 0) is 4.74 Å². The number of hydrogen-bond acceptors (Lipinski definition) is 2. The van der Waals surface area contributed by atoms with Gasteiger partial charge in [-0.2, -0.15) is 0 Å². The standard InChI is InChI=1S/C8H16O2/c1-6(5-9)8(10-2)7-3-4-7/h6-9H,3-5H2,1-2H3/t6-,8?/m0/s1. The Morgan fingerprint density at radius 3 is 2.50 bits per heavy atom. The van der Waals surface area contributed by atoms with Crippen LogP contribution in [0.15, 0.2) is 0 Å². The minimum absolute atomic E-state index is 0.245. The SMILES string of the molecule is COC(C1CC1)[C@@H](C)CO. The molecule has 0 aromatic rings. The summed E-state index contributed by atoms with van der Waals surface area (Å²) in [5.74, 6) is 1.03. The van der Waals surface area contributed by atoms with Gasteiger partial charge in [0.15, 0.2) is 0 Å². The van der Waals surface area contributed by atoms with Gasteiger partial charge in [-0.15, -0.1) is 0 Å². The van der Waals surface area contributed by atoms with Crippen LogP contribution in [0.1, 0.15) is 19.8 Å². The summed E-state index contributed by atoms with van der Waals surface area (Å²) in [5, 5.41) is 8.83. The van der Waals surface area contributed by atoms with E-state index in [9.17, 15) is 0 Å². The molecule has 60 valence electrons. The summed E-state index contributed by atoms with van der Waals surface area (Å²) in [6.07, 6.45) is 2.86. The van der Waals surface area contributed by atoms with Gasteiger partial charge in [0, 0.05) is 19.6 Å². The molecule has 0 aromatic heterocycles. The maximum absolute atomic E-state index is 8.83. The predicted molar refractivity (Wildman–Crippen MR) is 39.8 cm³/mol. The number of rotatable bonds is 4. The third-order valence-corrected chi connectivity index (χ3v) is 2.21. The van der Waals surface area contributed by atoms with E-state index in [1.165, 1.54) is 12.8 Å². The summed E-state index contributed by atoms with van der Waals surface area (Å²) in [6, 6.07) is 0. The highest BCUT2D eigenvalue weighted by Gasteiger charge is 2.34. The first-order valence-electron chi connectivity index (χ1n) is 3.93. The van der Waals surface area contributed by atoms with Gasteiger partial charge in [0.2, 0.25) is 0 Å². The van der Waals surface area contributed by atoms with Gasteiger partial charge in [-0.1, -0.05) is 6.92 Å². The Balaban J connectivity index is 2.30. The van der Waals surface area contributed by atoms with Crippen LogP contribution in [0.25, 0.3) is 0 Å². The highest BCUT2D eigenvalue weighted by atomic mass is 16.5. The average Bonchev–Trinajstić information content (AvgIpc) is 2.73. The zero-order valence-corrected chi connectivity index (χ0v) is 6.71. The first-order chi connectivity index (χ1) is 4.79. The van der Waals surface area contributed by atoms with E-state index in [2.05, 4.69) is 0 Å². The molecule has 1 rings (SSSR count). The fourth-order valence-corrected chi connectivity index (χ4v) is 1.42. The third kappa shape index (κ3) is 1.70. The van der Waals surface area contributed by atoms with Crippen molar-refractivity contribution in [3.05, 3.63) is 0 Å².